The number of hydrogen-bond donors (Lipinski definition) is 2. The number of carbonyl (C=O) groups is 1. The molecule has 1 aromatic carbocycles. The average molecular weight is 450 g/mol. The third kappa shape index (κ3) is 8.52. The van der Waals surface area contributed by atoms with Crippen molar-refractivity contribution in [1.82, 2.24) is 5.32 Å². The summed E-state index contributed by atoms with van der Waals surface area (Å²) in [5, 5.41) is 14.5. The van der Waals surface area contributed by atoms with E-state index in [2.05, 4.69) is 26.6 Å². The maximum absolute atomic E-state index is 13.0. The van der Waals surface area contributed by atoms with E-state index in [4.69, 9.17) is 10.00 Å². The van der Waals surface area contributed by atoms with Gasteiger partial charge in [-0.2, -0.15) is 18.4 Å². The smallest absolute Gasteiger partial charge is 0.417 e. The maximum Gasteiger partial charge on any atom is 0.417 e. The quantitative estimate of drug-likeness (QED) is 0.542. The summed E-state index contributed by atoms with van der Waals surface area (Å²) < 4.78 is 44.5. The van der Waals surface area contributed by atoms with Crippen LogP contribution < -0.4 is 10.6 Å². The summed E-state index contributed by atoms with van der Waals surface area (Å²) in [7, 11) is 0. The van der Waals surface area contributed by atoms with Crippen molar-refractivity contribution in [3.8, 4) is 6.07 Å². The molecule has 0 unspecified atom stereocenters. The number of alkyl carbamates (subject to hydrolysis) is 1. The molecule has 0 saturated heterocycles. The van der Waals surface area contributed by atoms with Gasteiger partial charge in [0.15, 0.2) is 0 Å². The van der Waals surface area contributed by atoms with Gasteiger partial charge in [-0.3, -0.25) is 0 Å². The lowest BCUT2D eigenvalue weighted by molar-refractivity contribution is -0.137. The maximum atomic E-state index is 13.0. The molecule has 0 fully saturated rings. The van der Waals surface area contributed by atoms with Crippen molar-refractivity contribution in [1.29, 1.82) is 5.26 Å². The molecule has 0 heterocycles. The Balaban J connectivity index is 2.41. The van der Waals surface area contributed by atoms with Gasteiger partial charge in [0.05, 0.1) is 17.2 Å². The number of hydrogen-bond acceptors (Lipinski definition) is 4. The molecule has 1 amide bonds. The highest BCUT2D eigenvalue weighted by atomic mass is 79.9. The van der Waals surface area contributed by atoms with Crippen molar-refractivity contribution >= 4 is 27.7 Å². The number of benzene rings is 1. The fourth-order valence-corrected chi connectivity index (χ4v) is 2.67. The number of nitriles is 1. The molecule has 150 valence electrons. The lowest BCUT2D eigenvalue weighted by atomic mass is 10.1. The molecule has 0 bridgehead atoms. The highest BCUT2D eigenvalue weighted by molar-refractivity contribution is 9.10. The first kappa shape index (κ1) is 23.1. The van der Waals surface area contributed by atoms with E-state index in [1.54, 1.807) is 26.8 Å². The van der Waals surface area contributed by atoms with Crippen LogP contribution in [0.2, 0.25) is 0 Å². The molecule has 0 radical (unpaired) electrons. The second kappa shape index (κ2) is 9.83. The number of amides is 1. The lowest BCUT2D eigenvalue weighted by Crippen LogP contribution is -2.33. The van der Waals surface area contributed by atoms with E-state index in [1.165, 1.54) is 0 Å². The van der Waals surface area contributed by atoms with Gasteiger partial charge in [-0.1, -0.05) is 0 Å². The topological polar surface area (TPSA) is 74.2 Å². The summed E-state index contributed by atoms with van der Waals surface area (Å²) in [6, 6.07) is 3.66. The first-order chi connectivity index (χ1) is 12.4. The van der Waals surface area contributed by atoms with Crippen LogP contribution in [0, 0.1) is 11.3 Å². The Hall–Kier alpha value is -1.95. The second-order valence-corrected chi connectivity index (χ2v) is 7.76. The highest BCUT2D eigenvalue weighted by Crippen LogP contribution is 2.36. The minimum absolute atomic E-state index is 0.285. The average Bonchev–Trinajstić information content (AvgIpc) is 2.52. The van der Waals surface area contributed by atoms with Crippen LogP contribution >= 0.6 is 15.9 Å². The molecule has 0 aliphatic rings. The molecular formula is C18H23BrF3N3O2. The van der Waals surface area contributed by atoms with E-state index < -0.39 is 29.0 Å². The van der Waals surface area contributed by atoms with E-state index in [9.17, 15) is 18.0 Å². The third-order valence-corrected chi connectivity index (χ3v) is 4.03. The number of ether oxygens (including phenoxy) is 1. The first-order valence-corrected chi connectivity index (χ1v) is 9.25. The summed E-state index contributed by atoms with van der Waals surface area (Å²) in [6.07, 6.45) is -2.84. The number of alkyl halides is 3. The largest absolute Gasteiger partial charge is 0.444 e. The third-order valence-electron chi connectivity index (χ3n) is 3.37. The molecule has 0 saturated carbocycles. The van der Waals surface area contributed by atoms with E-state index in [1.807, 2.05) is 0 Å². The van der Waals surface area contributed by atoms with Gasteiger partial charge < -0.3 is 15.4 Å². The van der Waals surface area contributed by atoms with Gasteiger partial charge in [-0.25, -0.2) is 4.79 Å². The van der Waals surface area contributed by atoms with Crippen molar-refractivity contribution in [3.05, 3.63) is 27.7 Å². The van der Waals surface area contributed by atoms with Crippen LogP contribution in [-0.4, -0.2) is 24.8 Å². The number of rotatable bonds is 7. The van der Waals surface area contributed by atoms with Gasteiger partial charge >= 0.3 is 12.3 Å². The molecular weight excluding hydrogens is 427 g/mol. The molecule has 1 rings (SSSR count). The molecule has 5 nitrogen and oxygen atoms in total. The zero-order valence-corrected chi connectivity index (χ0v) is 17.1. The van der Waals surface area contributed by atoms with Gasteiger partial charge in [-0.05, 0) is 68.1 Å². The van der Waals surface area contributed by atoms with Crippen LogP contribution in [0.4, 0.5) is 23.7 Å². The Bertz CT molecular complexity index is 695. The van der Waals surface area contributed by atoms with E-state index >= 15 is 0 Å². The van der Waals surface area contributed by atoms with Gasteiger partial charge in [0, 0.05) is 23.2 Å². The molecule has 0 spiro atoms. The van der Waals surface area contributed by atoms with E-state index in [0.717, 1.165) is 25.0 Å². The minimum Gasteiger partial charge on any atom is -0.444 e. The predicted octanol–water partition coefficient (Wildman–Crippen LogP) is 5.45. The van der Waals surface area contributed by atoms with Crippen LogP contribution in [-0.2, 0) is 10.9 Å². The van der Waals surface area contributed by atoms with Crippen LogP contribution in [0.25, 0.3) is 0 Å². The Morgan fingerprint density at radius 3 is 2.37 bits per heavy atom. The normalized spacial score (nSPS) is 11.6. The summed E-state index contributed by atoms with van der Waals surface area (Å²) in [5.74, 6) is 0. The number of halogens is 4. The summed E-state index contributed by atoms with van der Waals surface area (Å²) in [4.78, 5) is 11.5. The Morgan fingerprint density at radius 1 is 1.19 bits per heavy atom. The zero-order chi connectivity index (χ0) is 20.7. The van der Waals surface area contributed by atoms with Crippen molar-refractivity contribution in [3.63, 3.8) is 0 Å². The Labute approximate surface area is 165 Å². The molecule has 0 atom stereocenters. The van der Waals surface area contributed by atoms with Crippen molar-refractivity contribution in [2.75, 3.05) is 18.4 Å². The standard InChI is InChI=1S/C18H23BrF3N3O2/c1-17(2,3)27-16(26)25-8-6-4-5-7-24-15-10-13(18(20,21)22)12(11-23)9-14(15)19/h9-10,24H,4-8H2,1-3H3,(H,25,26). The molecule has 0 aromatic heterocycles. The van der Waals surface area contributed by atoms with Gasteiger partial charge in [0.25, 0.3) is 0 Å². The number of anilines is 1. The van der Waals surface area contributed by atoms with Gasteiger partial charge in [0.2, 0.25) is 0 Å². The Kier molecular flexibility index (Phi) is 8.41. The summed E-state index contributed by atoms with van der Waals surface area (Å²) >= 11 is 3.18. The van der Waals surface area contributed by atoms with Crippen LogP contribution in [0.5, 0.6) is 0 Å². The fraction of sp³-hybridized carbons (Fsp3) is 0.556. The van der Waals surface area contributed by atoms with E-state index in [0.29, 0.717) is 24.0 Å². The molecule has 2 N–H and O–H groups in total. The second-order valence-electron chi connectivity index (χ2n) is 6.90. The van der Waals surface area contributed by atoms with Crippen molar-refractivity contribution < 1.29 is 22.7 Å². The van der Waals surface area contributed by atoms with Crippen molar-refractivity contribution in [2.24, 2.45) is 0 Å². The molecule has 0 aliphatic heterocycles. The summed E-state index contributed by atoms with van der Waals surface area (Å²) in [6.45, 7) is 6.28. The lowest BCUT2D eigenvalue weighted by Gasteiger charge is -2.19. The highest BCUT2D eigenvalue weighted by Gasteiger charge is 2.34. The molecule has 9 heteroatoms. The fourth-order valence-electron chi connectivity index (χ4n) is 2.19. The molecule has 1 aromatic rings. The van der Waals surface area contributed by atoms with Gasteiger partial charge in [0.1, 0.15) is 5.60 Å². The summed E-state index contributed by atoms with van der Waals surface area (Å²) in [5.41, 5.74) is -1.64. The van der Waals surface area contributed by atoms with Crippen LogP contribution in [0.15, 0.2) is 16.6 Å². The SMILES string of the molecule is CC(C)(C)OC(=O)NCCCCCNc1cc(C(F)(F)F)c(C#N)cc1Br. The first-order valence-electron chi connectivity index (χ1n) is 8.45. The molecule has 0 aliphatic carbocycles. The number of unbranched alkanes of at least 4 members (excludes halogenated alkanes) is 2. The number of nitrogens with zero attached hydrogens (tertiary/aromatic N) is 1. The van der Waals surface area contributed by atoms with Crippen LogP contribution in [0.3, 0.4) is 0 Å². The van der Waals surface area contributed by atoms with Crippen molar-refractivity contribution in [2.45, 2.75) is 51.8 Å². The van der Waals surface area contributed by atoms with E-state index in [-0.39, 0.29) is 5.69 Å². The minimum atomic E-state index is -4.59. The Morgan fingerprint density at radius 2 is 1.81 bits per heavy atom. The van der Waals surface area contributed by atoms with Crippen LogP contribution in [0.1, 0.15) is 51.2 Å². The zero-order valence-electron chi connectivity index (χ0n) is 15.5. The van der Waals surface area contributed by atoms with Gasteiger partial charge in [-0.15, -0.1) is 0 Å². The molecule has 27 heavy (non-hydrogen) atoms. The monoisotopic (exact) mass is 449 g/mol. The number of carbonyl (C=O) groups excluding carboxylic acids is 1. The predicted molar refractivity (Wildman–Crippen MR) is 100 cm³/mol. The number of nitrogens with one attached hydrogen (secondary N) is 2.